The van der Waals surface area contributed by atoms with Crippen molar-refractivity contribution >= 4 is 16.0 Å². The van der Waals surface area contributed by atoms with Gasteiger partial charge in [-0.1, -0.05) is 0 Å². The lowest BCUT2D eigenvalue weighted by atomic mass is 10.1. The molecule has 9 heteroatoms. The van der Waals surface area contributed by atoms with Gasteiger partial charge in [0.05, 0.1) is 6.20 Å². The summed E-state index contributed by atoms with van der Waals surface area (Å²) in [6.45, 7) is 0.404. The van der Waals surface area contributed by atoms with Crippen molar-refractivity contribution in [3.05, 3.63) is 12.4 Å². The summed E-state index contributed by atoms with van der Waals surface area (Å²) in [6.07, 6.45) is 3.66. The Hall–Kier alpha value is -1.45. The number of hydrogen-bond donors (Lipinski definition) is 2. The zero-order valence-electron chi connectivity index (χ0n) is 10.3. The van der Waals surface area contributed by atoms with Gasteiger partial charge in [-0.3, -0.25) is 9.48 Å². The lowest BCUT2D eigenvalue weighted by Gasteiger charge is -2.28. The minimum absolute atomic E-state index is 0.0178. The summed E-state index contributed by atoms with van der Waals surface area (Å²) < 4.78 is 27.0. The molecular weight excluding hydrogens is 272 g/mol. The number of carboxylic acids is 1. The van der Waals surface area contributed by atoms with Crippen LogP contribution in [-0.4, -0.2) is 52.7 Å². The smallest absolute Gasteiger partial charge is 0.325 e. The summed E-state index contributed by atoms with van der Waals surface area (Å²) in [5.74, 6) is -1.07. The number of sulfonamides is 1. The lowest BCUT2D eigenvalue weighted by molar-refractivity contribution is -0.137. The second kappa shape index (κ2) is 5.27. The molecule has 0 aromatic carbocycles. The molecule has 0 radical (unpaired) electrons. The van der Waals surface area contributed by atoms with Crippen LogP contribution in [0.4, 0.5) is 0 Å². The Labute approximate surface area is 110 Å². The van der Waals surface area contributed by atoms with Gasteiger partial charge in [-0.05, 0) is 12.8 Å². The second-order valence-electron chi connectivity index (χ2n) is 4.51. The van der Waals surface area contributed by atoms with Crippen molar-refractivity contribution < 1.29 is 18.3 Å². The SMILES string of the molecule is NC1CCN(S(=O)(=O)c2cnn(CC(=O)O)c2)CC1. The van der Waals surface area contributed by atoms with Crippen molar-refractivity contribution in [2.45, 2.75) is 30.3 Å². The topological polar surface area (TPSA) is 119 Å². The number of carbonyl (C=O) groups is 1. The Morgan fingerprint density at radius 3 is 2.68 bits per heavy atom. The van der Waals surface area contributed by atoms with Crippen LogP contribution in [0.15, 0.2) is 17.3 Å². The molecule has 1 aliphatic rings. The van der Waals surface area contributed by atoms with Crippen LogP contribution in [0, 0.1) is 0 Å². The molecule has 2 heterocycles. The summed E-state index contributed by atoms with van der Waals surface area (Å²) >= 11 is 0. The monoisotopic (exact) mass is 288 g/mol. The third kappa shape index (κ3) is 3.11. The van der Waals surface area contributed by atoms with Crippen LogP contribution >= 0.6 is 0 Å². The largest absolute Gasteiger partial charge is 0.480 e. The molecule has 1 aromatic heterocycles. The highest BCUT2D eigenvalue weighted by molar-refractivity contribution is 7.89. The van der Waals surface area contributed by atoms with Crippen molar-refractivity contribution in [1.29, 1.82) is 0 Å². The molecule has 1 aromatic rings. The maximum Gasteiger partial charge on any atom is 0.325 e. The van der Waals surface area contributed by atoms with Gasteiger partial charge in [0.1, 0.15) is 11.4 Å². The maximum absolute atomic E-state index is 12.3. The first-order valence-corrected chi connectivity index (χ1v) is 7.33. The van der Waals surface area contributed by atoms with Crippen molar-refractivity contribution in [3.8, 4) is 0 Å². The van der Waals surface area contributed by atoms with Gasteiger partial charge in [-0.15, -0.1) is 0 Å². The minimum atomic E-state index is -3.60. The Kier molecular flexibility index (Phi) is 3.88. The molecule has 0 amide bonds. The first-order chi connectivity index (χ1) is 8.89. The second-order valence-corrected chi connectivity index (χ2v) is 6.45. The van der Waals surface area contributed by atoms with Gasteiger partial charge in [0.25, 0.3) is 0 Å². The average molecular weight is 288 g/mol. The summed E-state index contributed by atoms with van der Waals surface area (Å²) in [7, 11) is -3.60. The number of aromatic nitrogens is 2. The molecule has 1 saturated heterocycles. The van der Waals surface area contributed by atoms with E-state index in [1.807, 2.05) is 0 Å². The van der Waals surface area contributed by atoms with Crippen LogP contribution in [0.3, 0.4) is 0 Å². The summed E-state index contributed by atoms with van der Waals surface area (Å²) in [5.41, 5.74) is 5.73. The number of nitrogens with two attached hydrogens (primary N) is 1. The predicted octanol–water partition coefficient (Wildman–Crippen LogP) is -0.920. The van der Waals surface area contributed by atoms with Crippen LogP contribution in [0.2, 0.25) is 0 Å². The Morgan fingerprint density at radius 1 is 1.47 bits per heavy atom. The van der Waals surface area contributed by atoms with Gasteiger partial charge < -0.3 is 10.8 Å². The predicted molar refractivity (Wildman–Crippen MR) is 65.8 cm³/mol. The quantitative estimate of drug-likeness (QED) is 0.739. The van der Waals surface area contributed by atoms with Crippen molar-refractivity contribution in [2.24, 2.45) is 5.73 Å². The van der Waals surface area contributed by atoms with Crippen LogP contribution in [0.5, 0.6) is 0 Å². The summed E-state index contributed by atoms with van der Waals surface area (Å²) in [4.78, 5) is 10.5. The summed E-state index contributed by atoms with van der Waals surface area (Å²) in [6, 6.07) is 0.0428. The van der Waals surface area contributed by atoms with E-state index in [-0.39, 0.29) is 17.5 Å². The zero-order chi connectivity index (χ0) is 14.0. The van der Waals surface area contributed by atoms with Crippen LogP contribution in [0.25, 0.3) is 0 Å². The fraction of sp³-hybridized carbons (Fsp3) is 0.600. The van der Waals surface area contributed by atoms with E-state index in [0.29, 0.717) is 25.9 Å². The number of rotatable bonds is 4. The van der Waals surface area contributed by atoms with Gasteiger partial charge in [0, 0.05) is 25.3 Å². The summed E-state index contributed by atoms with van der Waals surface area (Å²) in [5, 5.41) is 12.4. The van der Waals surface area contributed by atoms with Crippen LogP contribution in [0.1, 0.15) is 12.8 Å². The van der Waals surface area contributed by atoms with E-state index < -0.39 is 16.0 Å². The number of aliphatic carboxylic acids is 1. The Bertz CT molecular complexity index is 560. The van der Waals surface area contributed by atoms with E-state index in [1.54, 1.807) is 0 Å². The molecule has 0 aliphatic carbocycles. The molecule has 3 N–H and O–H groups in total. The number of piperidine rings is 1. The normalized spacial score (nSPS) is 18.6. The van der Waals surface area contributed by atoms with Gasteiger partial charge >= 0.3 is 5.97 Å². The molecule has 1 aliphatic heterocycles. The molecule has 1 fully saturated rings. The highest BCUT2D eigenvalue weighted by Gasteiger charge is 2.29. The molecule has 8 nitrogen and oxygen atoms in total. The number of hydrogen-bond acceptors (Lipinski definition) is 5. The first kappa shape index (κ1) is 14.0. The van der Waals surface area contributed by atoms with Crippen LogP contribution < -0.4 is 5.73 Å². The zero-order valence-corrected chi connectivity index (χ0v) is 11.1. The van der Waals surface area contributed by atoms with Crippen LogP contribution in [-0.2, 0) is 21.4 Å². The van der Waals surface area contributed by atoms with Gasteiger partial charge in [-0.25, -0.2) is 8.42 Å². The molecule has 0 bridgehead atoms. The fourth-order valence-electron chi connectivity index (χ4n) is 1.97. The van der Waals surface area contributed by atoms with Gasteiger partial charge in [0.2, 0.25) is 10.0 Å². The number of nitrogens with zero attached hydrogens (tertiary/aromatic N) is 3. The molecule has 0 unspecified atom stereocenters. The molecule has 0 saturated carbocycles. The van der Waals surface area contributed by atoms with Gasteiger partial charge in [0.15, 0.2) is 0 Å². The molecule has 106 valence electrons. The molecule has 2 rings (SSSR count). The van der Waals surface area contributed by atoms with E-state index in [1.165, 1.54) is 16.7 Å². The molecule has 19 heavy (non-hydrogen) atoms. The number of carboxylic acid groups (broad SMARTS) is 1. The van der Waals surface area contributed by atoms with E-state index in [9.17, 15) is 13.2 Å². The van der Waals surface area contributed by atoms with Crippen molar-refractivity contribution in [1.82, 2.24) is 14.1 Å². The fourth-order valence-corrected chi connectivity index (χ4v) is 3.39. The average Bonchev–Trinajstić information content (AvgIpc) is 2.78. The van der Waals surface area contributed by atoms with Gasteiger partial charge in [-0.2, -0.15) is 9.40 Å². The van der Waals surface area contributed by atoms with E-state index in [0.717, 1.165) is 4.68 Å². The van der Waals surface area contributed by atoms with E-state index in [4.69, 9.17) is 10.8 Å². The Morgan fingerprint density at radius 2 is 2.11 bits per heavy atom. The molecule has 0 spiro atoms. The minimum Gasteiger partial charge on any atom is -0.480 e. The highest BCUT2D eigenvalue weighted by atomic mass is 32.2. The molecule has 0 atom stereocenters. The van der Waals surface area contributed by atoms with Crippen molar-refractivity contribution in [2.75, 3.05) is 13.1 Å². The molecular formula is C10H16N4O4S. The standard InChI is InChI=1S/C10H16N4O4S/c11-8-1-3-14(4-2-8)19(17,18)9-5-12-13(6-9)7-10(15)16/h5-6,8H,1-4,7,11H2,(H,15,16). The van der Waals surface area contributed by atoms with Crippen molar-refractivity contribution in [3.63, 3.8) is 0 Å². The lowest BCUT2D eigenvalue weighted by Crippen LogP contribution is -2.42. The maximum atomic E-state index is 12.3. The third-order valence-electron chi connectivity index (χ3n) is 3.04. The highest BCUT2D eigenvalue weighted by Crippen LogP contribution is 2.19. The third-order valence-corrected chi connectivity index (χ3v) is 4.89. The van der Waals surface area contributed by atoms with E-state index >= 15 is 0 Å². The first-order valence-electron chi connectivity index (χ1n) is 5.89. The van der Waals surface area contributed by atoms with E-state index in [2.05, 4.69) is 5.10 Å². The Balaban J connectivity index is 2.15.